The lowest BCUT2D eigenvalue weighted by Gasteiger charge is -2.34. The molecule has 1 unspecified atom stereocenters. The lowest BCUT2D eigenvalue weighted by Crippen LogP contribution is -2.40. The van der Waals surface area contributed by atoms with Gasteiger partial charge in [-0.05, 0) is 38.1 Å². The molecule has 0 bridgehead atoms. The highest BCUT2D eigenvalue weighted by atomic mass is 15.2. The van der Waals surface area contributed by atoms with E-state index in [1.165, 1.54) is 25.8 Å². The maximum atomic E-state index is 4.16. The highest BCUT2D eigenvalue weighted by molar-refractivity contribution is 5.02. The molecule has 82 valence electrons. The second-order valence-corrected chi connectivity index (χ2v) is 4.20. The van der Waals surface area contributed by atoms with Gasteiger partial charge in [0.15, 0.2) is 0 Å². The number of hydrogen-bond acceptors (Lipinski definition) is 3. The number of rotatable bonds is 3. The molecule has 2 rings (SSSR count). The molecular weight excluding hydrogens is 186 g/mol. The van der Waals surface area contributed by atoms with Crippen molar-refractivity contribution < 1.29 is 0 Å². The third-order valence-corrected chi connectivity index (χ3v) is 3.23. The molecule has 15 heavy (non-hydrogen) atoms. The Morgan fingerprint density at radius 1 is 1.47 bits per heavy atom. The summed E-state index contributed by atoms with van der Waals surface area (Å²) in [5.74, 6) is 0. The van der Waals surface area contributed by atoms with Crippen LogP contribution in [0.3, 0.4) is 0 Å². The first-order valence-electron chi connectivity index (χ1n) is 5.90. The van der Waals surface area contributed by atoms with Crippen molar-refractivity contribution in [2.24, 2.45) is 0 Å². The number of nitrogens with zero attached hydrogens (tertiary/aromatic N) is 3. The van der Waals surface area contributed by atoms with Crippen molar-refractivity contribution in [1.82, 2.24) is 15.1 Å². The van der Waals surface area contributed by atoms with Crippen LogP contribution in [0.1, 0.15) is 31.9 Å². The number of piperidine rings is 1. The molecule has 0 radical (unpaired) electrons. The molecule has 1 aliphatic heterocycles. The zero-order valence-electron chi connectivity index (χ0n) is 9.39. The molecule has 0 N–H and O–H groups in total. The minimum Gasteiger partial charge on any atom is -0.300 e. The Kier molecular flexibility index (Phi) is 3.67. The summed E-state index contributed by atoms with van der Waals surface area (Å²) in [5, 5.41) is 8.10. The van der Waals surface area contributed by atoms with Crippen molar-refractivity contribution in [3.8, 4) is 0 Å². The van der Waals surface area contributed by atoms with E-state index in [4.69, 9.17) is 0 Å². The van der Waals surface area contributed by atoms with Crippen LogP contribution in [-0.4, -0.2) is 34.2 Å². The van der Waals surface area contributed by atoms with Crippen LogP contribution in [0.25, 0.3) is 0 Å². The van der Waals surface area contributed by atoms with Crippen LogP contribution in [0.4, 0.5) is 0 Å². The summed E-state index contributed by atoms with van der Waals surface area (Å²) in [6, 6.07) is 4.73. The molecule has 0 amide bonds. The Morgan fingerprint density at radius 3 is 3.13 bits per heavy atom. The molecule has 3 heteroatoms. The summed E-state index contributed by atoms with van der Waals surface area (Å²) < 4.78 is 0. The molecule has 0 saturated carbocycles. The second-order valence-electron chi connectivity index (χ2n) is 4.20. The van der Waals surface area contributed by atoms with Crippen LogP contribution in [0.15, 0.2) is 18.3 Å². The predicted molar refractivity (Wildman–Crippen MR) is 60.6 cm³/mol. The smallest absolute Gasteiger partial charge is 0.0646 e. The Hall–Kier alpha value is -0.960. The molecule has 1 saturated heterocycles. The highest BCUT2D eigenvalue weighted by Gasteiger charge is 2.21. The molecule has 1 aromatic heterocycles. The van der Waals surface area contributed by atoms with Crippen molar-refractivity contribution >= 4 is 0 Å². The minimum atomic E-state index is 0.681. The third-order valence-electron chi connectivity index (χ3n) is 3.23. The minimum absolute atomic E-state index is 0.681. The summed E-state index contributed by atoms with van der Waals surface area (Å²) in [5.41, 5.74) is 1.13. The van der Waals surface area contributed by atoms with Crippen molar-refractivity contribution in [2.75, 3.05) is 13.1 Å². The van der Waals surface area contributed by atoms with Gasteiger partial charge in [-0.2, -0.15) is 10.2 Å². The van der Waals surface area contributed by atoms with Gasteiger partial charge in [0, 0.05) is 18.7 Å². The van der Waals surface area contributed by atoms with Gasteiger partial charge in [0.25, 0.3) is 0 Å². The van der Waals surface area contributed by atoms with E-state index in [9.17, 15) is 0 Å². The van der Waals surface area contributed by atoms with Gasteiger partial charge in [-0.15, -0.1) is 0 Å². The Balaban J connectivity index is 1.97. The van der Waals surface area contributed by atoms with Crippen LogP contribution in [0, 0.1) is 0 Å². The average Bonchev–Trinajstić information content (AvgIpc) is 2.31. The van der Waals surface area contributed by atoms with E-state index in [0.29, 0.717) is 6.04 Å². The fourth-order valence-corrected chi connectivity index (χ4v) is 2.39. The first-order valence-corrected chi connectivity index (χ1v) is 5.90. The van der Waals surface area contributed by atoms with E-state index in [1.807, 2.05) is 6.07 Å². The molecular formula is C12H19N3. The lowest BCUT2D eigenvalue weighted by molar-refractivity contribution is 0.154. The molecule has 1 aliphatic rings. The Labute approximate surface area is 91.5 Å². The van der Waals surface area contributed by atoms with E-state index >= 15 is 0 Å². The van der Waals surface area contributed by atoms with Crippen molar-refractivity contribution in [1.29, 1.82) is 0 Å². The van der Waals surface area contributed by atoms with Gasteiger partial charge in [-0.1, -0.05) is 13.3 Å². The van der Waals surface area contributed by atoms with Crippen LogP contribution >= 0.6 is 0 Å². The van der Waals surface area contributed by atoms with Crippen LogP contribution in [0.5, 0.6) is 0 Å². The van der Waals surface area contributed by atoms with Gasteiger partial charge in [-0.25, -0.2) is 0 Å². The van der Waals surface area contributed by atoms with E-state index < -0.39 is 0 Å². The largest absolute Gasteiger partial charge is 0.300 e. The fraction of sp³-hybridized carbons (Fsp3) is 0.667. The molecule has 3 nitrogen and oxygen atoms in total. The maximum absolute atomic E-state index is 4.16. The summed E-state index contributed by atoms with van der Waals surface area (Å²) in [6.45, 7) is 4.65. The van der Waals surface area contributed by atoms with Crippen LogP contribution in [-0.2, 0) is 6.42 Å². The zero-order valence-corrected chi connectivity index (χ0v) is 9.39. The zero-order chi connectivity index (χ0) is 10.5. The summed E-state index contributed by atoms with van der Waals surface area (Å²) in [7, 11) is 0. The number of hydrogen-bond donors (Lipinski definition) is 0. The molecule has 0 spiro atoms. The third kappa shape index (κ3) is 2.75. The normalized spacial score (nSPS) is 22.9. The Bertz CT molecular complexity index is 286. The molecule has 2 heterocycles. The SMILES string of the molecule is CCN1CCCCC1Cc1cccnn1. The predicted octanol–water partition coefficient (Wildman–Crippen LogP) is 1.89. The quantitative estimate of drug-likeness (QED) is 0.754. The van der Waals surface area contributed by atoms with Gasteiger partial charge in [0.2, 0.25) is 0 Å². The summed E-state index contributed by atoms with van der Waals surface area (Å²) in [6.07, 6.45) is 6.82. The lowest BCUT2D eigenvalue weighted by atomic mass is 9.98. The standard InChI is InChI=1S/C12H19N3/c1-2-15-9-4-3-7-12(15)10-11-6-5-8-13-14-11/h5-6,8,12H,2-4,7,9-10H2,1H3. The van der Waals surface area contributed by atoms with Crippen molar-refractivity contribution in [3.63, 3.8) is 0 Å². The van der Waals surface area contributed by atoms with E-state index in [-0.39, 0.29) is 0 Å². The second kappa shape index (κ2) is 5.21. The summed E-state index contributed by atoms with van der Waals surface area (Å²) >= 11 is 0. The monoisotopic (exact) mass is 205 g/mol. The van der Waals surface area contributed by atoms with E-state index in [2.05, 4.69) is 28.1 Å². The van der Waals surface area contributed by atoms with E-state index in [0.717, 1.165) is 18.7 Å². The molecule has 0 aliphatic carbocycles. The Morgan fingerprint density at radius 2 is 2.40 bits per heavy atom. The average molecular weight is 205 g/mol. The number of likely N-dealkylation sites (tertiary alicyclic amines) is 1. The van der Waals surface area contributed by atoms with Crippen molar-refractivity contribution in [3.05, 3.63) is 24.0 Å². The molecule has 0 aromatic carbocycles. The molecule has 1 atom stereocenters. The van der Waals surface area contributed by atoms with Gasteiger partial charge in [0.05, 0.1) is 5.69 Å². The highest BCUT2D eigenvalue weighted by Crippen LogP contribution is 2.19. The first kappa shape index (κ1) is 10.6. The summed E-state index contributed by atoms with van der Waals surface area (Å²) in [4.78, 5) is 2.57. The van der Waals surface area contributed by atoms with Crippen molar-refractivity contribution in [2.45, 2.75) is 38.6 Å². The number of likely N-dealkylation sites (N-methyl/N-ethyl adjacent to an activating group) is 1. The fourth-order valence-electron chi connectivity index (χ4n) is 2.39. The first-order chi connectivity index (χ1) is 7.40. The maximum Gasteiger partial charge on any atom is 0.0646 e. The number of aromatic nitrogens is 2. The molecule has 1 aromatic rings. The van der Waals surface area contributed by atoms with Gasteiger partial charge >= 0.3 is 0 Å². The topological polar surface area (TPSA) is 29.0 Å². The van der Waals surface area contributed by atoms with E-state index in [1.54, 1.807) is 6.20 Å². The van der Waals surface area contributed by atoms with Crippen LogP contribution in [0.2, 0.25) is 0 Å². The van der Waals surface area contributed by atoms with Gasteiger partial charge in [0.1, 0.15) is 0 Å². The molecule has 1 fully saturated rings. The van der Waals surface area contributed by atoms with Crippen LogP contribution < -0.4 is 0 Å². The van der Waals surface area contributed by atoms with Gasteiger partial charge in [-0.3, -0.25) is 0 Å². The van der Waals surface area contributed by atoms with Gasteiger partial charge < -0.3 is 4.90 Å².